The molecule has 1 fully saturated rings. The van der Waals surface area contributed by atoms with Gasteiger partial charge in [0.05, 0.1) is 11.4 Å². The van der Waals surface area contributed by atoms with Crippen LogP contribution in [0.2, 0.25) is 0 Å². The number of hydrogen-bond acceptors (Lipinski definition) is 5. The van der Waals surface area contributed by atoms with Crippen molar-refractivity contribution in [3.05, 3.63) is 28.0 Å². The van der Waals surface area contributed by atoms with Gasteiger partial charge in [0.25, 0.3) is 10.2 Å². The molecule has 1 saturated carbocycles. The summed E-state index contributed by atoms with van der Waals surface area (Å²) in [4.78, 5) is 13.5. The van der Waals surface area contributed by atoms with E-state index in [1.54, 1.807) is 4.57 Å². The van der Waals surface area contributed by atoms with Gasteiger partial charge in [-0.1, -0.05) is 6.07 Å². The fourth-order valence-corrected chi connectivity index (χ4v) is 3.52. The molecule has 8 nitrogen and oxygen atoms in total. The Kier molecular flexibility index (Phi) is 4.41. The molecule has 1 N–H and O–H groups in total. The van der Waals surface area contributed by atoms with Crippen LogP contribution < -0.4 is 10.4 Å². The minimum Gasteiger partial charge on any atom is -0.271 e. The maximum atomic E-state index is 12.5. The summed E-state index contributed by atoms with van der Waals surface area (Å²) in [7, 11) is -0.597. The zero-order valence-electron chi connectivity index (χ0n) is 13.0. The van der Waals surface area contributed by atoms with Gasteiger partial charge >= 0.3 is 5.69 Å². The summed E-state index contributed by atoms with van der Waals surface area (Å²) in [5.41, 5.74) is -0.181. The van der Waals surface area contributed by atoms with E-state index in [1.807, 2.05) is 17.5 Å². The lowest BCUT2D eigenvalue weighted by molar-refractivity contribution is 0.494. The van der Waals surface area contributed by atoms with Gasteiger partial charge in [-0.2, -0.15) is 12.7 Å². The Morgan fingerprint density at radius 1 is 1.43 bits per heavy atom. The molecule has 2 heterocycles. The van der Waals surface area contributed by atoms with Crippen molar-refractivity contribution in [3.8, 4) is 10.7 Å². The summed E-state index contributed by atoms with van der Waals surface area (Å²) < 4.78 is 30.0. The Labute approximate surface area is 138 Å². The van der Waals surface area contributed by atoms with Crippen LogP contribution in [0.25, 0.3) is 10.7 Å². The van der Waals surface area contributed by atoms with Crippen molar-refractivity contribution in [3.63, 3.8) is 0 Å². The number of rotatable bonds is 7. The van der Waals surface area contributed by atoms with Crippen molar-refractivity contribution in [2.75, 3.05) is 20.6 Å². The quantitative estimate of drug-likeness (QED) is 0.782. The first-order valence-corrected chi connectivity index (χ1v) is 9.62. The molecule has 0 amide bonds. The normalized spacial score (nSPS) is 15.4. The predicted molar refractivity (Wildman–Crippen MR) is 88.7 cm³/mol. The summed E-state index contributed by atoms with van der Waals surface area (Å²) in [6.45, 7) is 0.315. The monoisotopic (exact) mass is 357 g/mol. The Hall–Kier alpha value is -1.49. The zero-order valence-corrected chi connectivity index (χ0v) is 14.6. The second-order valence-electron chi connectivity index (χ2n) is 5.59. The molecule has 1 aliphatic carbocycles. The van der Waals surface area contributed by atoms with E-state index in [0.717, 1.165) is 22.0 Å². The van der Waals surface area contributed by atoms with E-state index in [-0.39, 0.29) is 24.8 Å². The van der Waals surface area contributed by atoms with E-state index in [0.29, 0.717) is 5.82 Å². The van der Waals surface area contributed by atoms with Gasteiger partial charge in [-0.15, -0.1) is 16.4 Å². The average Bonchev–Trinajstić information content (AvgIpc) is 3.06. The summed E-state index contributed by atoms with van der Waals surface area (Å²) in [6.07, 6.45) is 1.97. The molecule has 3 rings (SSSR count). The van der Waals surface area contributed by atoms with Crippen LogP contribution in [0.3, 0.4) is 0 Å². The van der Waals surface area contributed by atoms with E-state index in [9.17, 15) is 13.2 Å². The van der Waals surface area contributed by atoms with Gasteiger partial charge in [0.1, 0.15) is 0 Å². The third-order valence-electron chi connectivity index (χ3n) is 3.61. The highest BCUT2D eigenvalue weighted by molar-refractivity contribution is 7.87. The van der Waals surface area contributed by atoms with E-state index >= 15 is 0 Å². The van der Waals surface area contributed by atoms with Crippen molar-refractivity contribution < 1.29 is 8.42 Å². The Morgan fingerprint density at radius 2 is 2.17 bits per heavy atom. The molecule has 0 atom stereocenters. The zero-order chi connectivity index (χ0) is 16.6. The van der Waals surface area contributed by atoms with Gasteiger partial charge in [0.15, 0.2) is 5.82 Å². The van der Waals surface area contributed by atoms with E-state index < -0.39 is 10.2 Å². The molecular weight excluding hydrogens is 338 g/mol. The molecular formula is C13H19N5O3S2. The molecule has 0 radical (unpaired) electrons. The summed E-state index contributed by atoms with van der Waals surface area (Å²) in [5, 5.41) is 6.35. The number of nitrogens with zero attached hydrogens (tertiary/aromatic N) is 4. The molecule has 0 spiro atoms. The molecule has 23 heavy (non-hydrogen) atoms. The van der Waals surface area contributed by atoms with Gasteiger partial charge in [-0.3, -0.25) is 4.57 Å². The van der Waals surface area contributed by atoms with Gasteiger partial charge in [0.2, 0.25) is 0 Å². The summed E-state index contributed by atoms with van der Waals surface area (Å²) >= 11 is 1.54. The van der Waals surface area contributed by atoms with Gasteiger partial charge in [-0.25, -0.2) is 14.2 Å². The fourth-order valence-electron chi connectivity index (χ4n) is 2.21. The Balaban J connectivity index is 1.81. The number of hydrogen-bond donors (Lipinski definition) is 1. The van der Waals surface area contributed by atoms with Crippen LogP contribution >= 0.6 is 11.3 Å². The second kappa shape index (κ2) is 6.19. The molecule has 2 aromatic heterocycles. The highest BCUT2D eigenvalue weighted by atomic mass is 32.2. The summed E-state index contributed by atoms with van der Waals surface area (Å²) in [6, 6.07) is 4.07. The smallest absolute Gasteiger partial charge is 0.271 e. The maximum absolute atomic E-state index is 12.5. The van der Waals surface area contributed by atoms with E-state index in [1.165, 1.54) is 30.1 Å². The first-order valence-electron chi connectivity index (χ1n) is 7.30. The van der Waals surface area contributed by atoms with Crippen LogP contribution in [0.1, 0.15) is 18.9 Å². The van der Waals surface area contributed by atoms with Crippen molar-refractivity contribution in [2.24, 2.45) is 0 Å². The SMILES string of the molecule is CN(C)S(=O)(=O)NCCn1nc(-c2cccs2)n(C2CC2)c1=O. The van der Waals surface area contributed by atoms with Crippen LogP contribution in [0.15, 0.2) is 22.3 Å². The van der Waals surface area contributed by atoms with Crippen molar-refractivity contribution in [1.82, 2.24) is 23.4 Å². The Morgan fingerprint density at radius 3 is 2.74 bits per heavy atom. The lowest BCUT2D eigenvalue weighted by Gasteiger charge is -2.11. The van der Waals surface area contributed by atoms with Crippen LogP contribution in [0.4, 0.5) is 0 Å². The largest absolute Gasteiger partial charge is 0.346 e. The highest BCUT2D eigenvalue weighted by Gasteiger charge is 2.30. The first kappa shape index (κ1) is 16.4. The molecule has 0 saturated heterocycles. The van der Waals surface area contributed by atoms with Crippen LogP contribution in [-0.4, -0.2) is 47.7 Å². The third kappa shape index (κ3) is 3.39. The topological polar surface area (TPSA) is 89.2 Å². The molecule has 10 heteroatoms. The molecule has 126 valence electrons. The van der Waals surface area contributed by atoms with Crippen molar-refractivity contribution in [2.45, 2.75) is 25.4 Å². The van der Waals surface area contributed by atoms with Gasteiger partial charge < -0.3 is 0 Å². The molecule has 1 aliphatic rings. The molecule has 0 aliphatic heterocycles. The second-order valence-corrected chi connectivity index (χ2v) is 8.51. The number of nitrogens with one attached hydrogen (secondary N) is 1. The minimum absolute atomic E-state index is 0.117. The van der Waals surface area contributed by atoms with E-state index in [2.05, 4.69) is 9.82 Å². The van der Waals surface area contributed by atoms with Crippen LogP contribution in [0, 0.1) is 0 Å². The standard InChI is InChI=1S/C13H19N5O3S2/c1-16(2)23(20,21)14-7-8-17-13(19)18(10-5-6-10)12(15-17)11-4-3-9-22-11/h3-4,9-10,14H,5-8H2,1-2H3. The maximum Gasteiger partial charge on any atom is 0.346 e. The molecule has 0 unspecified atom stereocenters. The lowest BCUT2D eigenvalue weighted by atomic mass is 10.4. The summed E-state index contributed by atoms with van der Waals surface area (Å²) in [5.74, 6) is 0.669. The molecule has 2 aromatic rings. The minimum atomic E-state index is -3.50. The van der Waals surface area contributed by atoms with Gasteiger partial charge in [0, 0.05) is 26.7 Å². The third-order valence-corrected chi connectivity index (χ3v) is 6.01. The lowest BCUT2D eigenvalue weighted by Crippen LogP contribution is -2.38. The number of aromatic nitrogens is 3. The fraction of sp³-hybridized carbons (Fsp3) is 0.538. The van der Waals surface area contributed by atoms with Crippen LogP contribution in [-0.2, 0) is 16.8 Å². The van der Waals surface area contributed by atoms with Crippen molar-refractivity contribution >= 4 is 21.5 Å². The van der Waals surface area contributed by atoms with Crippen LogP contribution in [0.5, 0.6) is 0 Å². The number of thiophene rings is 1. The van der Waals surface area contributed by atoms with Crippen molar-refractivity contribution in [1.29, 1.82) is 0 Å². The highest BCUT2D eigenvalue weighted by Crippen LogP contribution is 2.37. The Bertz CT molecular complexity index is 832. The van der Waals surface area contributed by atoms with E-state index in [4.69, 9.17) is 0 Å². The first-order chi connectivity index (χ1) is 10.9. The van der Waals surface area contributed by atoms with Gasteiger partial charge in [-0.05, 0) is 24.3 Å². The molecule has 0 bridgehead atoms. The average molecular weight is 357 g/mol. The molecule has 0 aromatic carbocycles. The predicted octanol–water partition coefficient (Wildman–Crippen LogP) is 0.504.